The van der Waals surface area contributed by atoms with Crippen molar-refractivity contribution in [3.8, 4) is 0 Å². The number of aromatic nitrogens is 2. The minimum absolute atomic E-state index is 0.140. The number of anilines is 1. The summed E-state index contributed by atoms with van der Waals surface area (Å²) in [5.74, 6) is 0.914. The van der Waals surface area contributed by atoms with E-state index in [0.717, 1.165) is 19.5 Å². The van der Waals surface area contributed by atoms with Gasteiger partial charge in [0.25, 0.3) is 5.56 Å². The van der Waals surface area contributed by atoms with Crippen molar-refractivity contribution < 1.29 is 5.11 Å². The summed E-state index contributed by atoms with van der Waals surface area (Å²) in [6.45, 7) is 3.50. The molecule has 15 heavy (non-hydrogen) atoms. The first-order chi connectivity index (χ1) is 7.16. The lowest BCUT2D eigenvalue weighted by Gasteiger charge is -2.34. The van der Waals surface area contributed by atoms with Crippen molar-refractivity contribution in [1.29, 1.82) is 0 Å². The van der Waals surface area contributed by atoms with Crippen LogP contribution >= 0.6 is 0 Å². The highest BCUT2D eigenvalue weighted by molar-refractivity contribution is 5.37. The molecular weight excluding hydrogens is 194 g/mol. The predicted octanol–water partition coefficient (Wildman–Crippen LogP) is -0.0230. The molecule has 82 valence electrons. The Balaban J connectivity index is 2.15. The Kier molecular flexibility index (Phi) is 2.73. The molecule has 0 spiro atoms. The highest BCUT2D eigenvalue weighted by Crippen LogP contribution is 2.20. The van der Waals surface area contributed by atoms with Crippen LogP contribution in [0.4, 0.5) is 5.82 Å². The second kappa shape index (κ2) is 4.02. The maximum Gasteiger partial charge on any atom is 0.252 e. The van der Waals surface area contributed by atoms with Crippen LogP contribution in [0.1, 0.15) is 13.3 Å². The molecule has 0 bridgehead atoms. The molecule has 0 amide bonds. The van der Waals surface area contributed by atoms with Gasteiger partial charge < -0.3 is 15.0 Å². The normalized spacial score (nSPS) is 26.7. The van der Waals surface area contributed by atoms with Gasteiger partial charge in [-0.05, 0) is 12.3 Å². The van der Waals surface area contributed by atoms with Crippen molar-refractivity contribution in [3.05, 3.63) is 22.7 Å². The van der Waals surface area contributed by atoms with Crippen LogP contribution in [-0.4, -0.2) is 34.3 Å². The summed E-state index contributed by atoms with van der Waals surface area (Å²) in [5.41, 5.74) is -0.140. The third-order valence-electron chi connectivity index (χ3n) is 2.85. The Morgan fingerprint density at radius 2 is 2.47 bits per heavy atom. The summed E-state index contributed by atoms with van der Waals surface area (Å²) < 4.78 is 0. The third-order valence-corrected chi connectivity index (χ3v) is 2.85. The van der Waals surface area contributed by atoms with E-state index in [9.17, 15) is 9.90 Å². The van der Waals surface area contributed by atoms with Gasteiger partial charge in [-0.2, -0.15) is 0 Å². The highest BCUT2D eigenvalue weighted by atomic mass is 16.3. The molecule has 1 aromatic heterocycles. The molecule has 0 aliphatic carbocycles. The van der Waals surface area contributed by atoms with E-state index in [-0.39, 0.29) is 17.6 Å². The average Bonchev–Trinajstić information content (AvgIpc) is 2.22. The summed E-state index contributed by atoms with van der Waals surface area (Å²) in [6, 6.07) is 1.49. The summed E-state index contributed by atoms with van der Waals surface area (Å²) in [6.07, 6.45) is 1.91. The molecule has 1 saturated heterocycles. The van der Waals surface area contributed by atoms with E-state index in [4.69, 9.17) is 0 Å². The first-order valence-corrected chi connectivity index (χ1v) is 5.14. The van der Waals surface area contributed by atoms with Crippen LogP contribution < -0.4 is 10.5 Å². The quantitative estimate of drug-likeness (QED) is 0.682. The molecule has 2 heterocycles. The number of rotatable bonds is 1. The molecule has 0 saturated carbocycles. The van der Waals surface area contributed by atoms with Gasteiger partial charge in [0.15, 0.2) is 0 Å². The number of aliphatic hydroxyl groups excluding tert-OH is 1. The fraction of sp³-hybridized carbons (Fsp3) is 0.600. The summed E-state index contributed by atoms with van der Waals surface area (Å²) in [4.78, 5) is 19.7. The first-order valence-electron chi connectivity index (χ1n) is 5.14. The van der Waals surface area contributed by atoms with Crippen LogP contribution in [-0.2, 0) is 0 Å². The molecule has 5 heteroatoms. The molecule has 2 unspecified atom stereocenters. The van der Waals surface area contributed by atoms with E-state index in [2.05, 4.69) is 9.97 Å². The maximum atomic E-state index is 11.1. The standard InChI is InChI=1S/C10H15N3O2/c1-7-5-13(3-2-8(7)14)9-4-10(15)12-6-11-9/h4,6-8,14H,2-3,5H2,1H3,(H,11,12,15). The Morgan fingerprint density at radius 3 is 3.13 bits per heavy atom. The highest BCUT2D eigenvalue weighted by Gasteiger charge is 2.24. The molecule has 5 nitrogen and oxygen atoms in total. The SMILES string of the molecule is CC1CN(c2cc(=O)[nH]cn2)CCC1O. The van der Waals surface area contributed by atoms with Crippen LogP contribution in [0.2, 0.25) is 0 Å². The van der Waals surface area contributed by atoms with E-state index in [1.54, 1.807) is 0 Å². The van der Waals surface area contributed by atoms with E-state index in [1.165, 1.54) is 12.4 Å². The molecule has 2 rings (SSSR count). The number of H-pyrrole nitrogens is 1. The zero-order valence-electron chi connectivity index (χ0n) is 8.68. The van der Waals surface area contributed by atoms with Crippen molar-refractivity contribution in [2.24, 2.45) is 5.92 Å². The Labute approximate surface area is 87.8 Å². The smallest absolute Gasteiger partial charge is 0.252 e. The lowest BCUT2D eigenvalue weighted by atomic mass is 9.97. The van der Waals surface area contributed by atoms with E-state index in [1.807, 2.05) is 11.8 Å². The number of nitrogens with one attached hydrogen (secondary N) is 1. The molecule has 2 atom stereocenters. The van der Waals surface area contributed by atoms with Gasteiger partial charge >= 0.3 is 0 Å². The van der Waals surface area contributed by atoms with Crippen LogP contribution in [0.15, 0.2) is 17.2 Å². The molecule has 1 fully saturated rings. The fourth-order valence-corrected chi connectivity index (χ4v) is 1.87. The van der Waals surface area contributed by atoms with Crippen LogP contribution in [0.25, 0.3) is 0 Å². The van der Waals surface area contributed by atoms with Gasteiger partial charge in [-0.25, -0.2) is 4.98 Å². The van der Waals surface area contributed by atoms with Crippen molar-refractivity contribution >= 4 is 5.82 Å². The number of aromatic amines is 1. The monoisotopic (exact) mass is 209 g/mol. The number of hydrogen-bond acceptors (Lipinski definition) is 4. The van der Waals surface area contributed by atoms with Gasteiger partial charge in [-0.15, -0.1) is 0 Å². The lowest BCUT2D eigenvalue weighted by molar-refractivity contribution is 0.0969. The third kappa shape index (κ3) is 2.18. The number of aliphatic hydroxyl groups is 1. The largest absolute Gasteiger partial charge is 0.393 e. The van der Waals surface area contributed by atoms with Crippen LogP contribution in [0.5, 0.6) is 0 Å². The maximum absolute atomic E-state index is 11.1. The Bertz CT molecular complexity index is 390. The molecule has 2 N–H and O–H groups in total. The minimum Gasteiger partial charge on any atom is -0.393 e. The zero-order chi connectivity index (χ0) is 10.8. The lowest BCUT2D eigenvalue weighted by Crippen LogP contribution is -2.42. The van der Waals surface area contributed by atoms with E-state index < -0.39 is 0 Å². The summed E-state index contributed by atoms with van der Waals surface area (Å²) in [5, 5.41) is 9.58. The minimum atomic E-state index is -0.233. The second-order valence-electron chi connectivity index (χ2n) is 4.05. The van der Waals surface area contributed by atoms with Crippen LogP contribution in [0.3, 0.4) is 0 Å². The number of hydrogen-bond donors (Lipinski definition) is 2. The van der Waals surface area contributed by atoms with E-state index in [0.29, 0.717) is 5.82 Å². The molecule has 1 aliphatic heterocycles. The molecule has 0 radical (unpaired) electrons. The van der Waals surface area contributed by atoms with Crippen molar-refractivity contribution in [3.63, 3.8) is 0 Å². The predicted molar refractivity (Wildman–Crippen MR) is 56.9 cm³/mol. The van der Waals surface area contributed by atoms with Crippen LogP contribution in [0, 0.1) is 5.92 Å². The summed E-state index contributed by atoms with van der Waals surface area (Å²) in [7, 11) is 0. The van der Waals surface area contributed by atoms with Crippen molar-refractivity contribution in [2.45, 2.75) is 19.4 Å². The van der Waals surface area contributed by atoms with E-state index >= 15 is 0 Å². The fourth-order valence-electron chi connectivity index (χ4n) is 1.87. The van der Waals surface area contributed by atoms with Gasteiger partial charge in [0.2, 0.25) is 0 Å². The first kappa shape index (κ1) is 10.2. The second-order valence-corrected chi connectivity index (χ2v) is 4.05. The van der Waals surface area contributed by atoms with Gasteiger partial charge in [0.05, 0.1) is 12.4 Å². The Morgan fingerprint density at radius 1 is 1.67 bits per heavy atom. The van der Waals surface area contributed by atoms with Gasteiger partial charge in [-0.1, -0.05) is 6.92 Å². The molecule has 1 aliphatic rings. The molecule has 1 aromatic rings. The zero-order valence-corrected chi connectivity index (χ0v) is 8.68. The van der Waals surface area contributed by atoms with Crippen molar-refractivity contribution in [2.75, 3.05) is 18.0 Å². The topological polar surface area (TPSA) is 69.2 Å². The average molecular weight is 209 g/mol. The van der Waals surface area contributed by atoms with Gasteiger partial charge in [-0.3, -0.25) is 4.79 Å². The summed E-state index contributed by atoms with van der Waals surface area (Å²) >= 11 is 0. The van der Waals surface area contributed by atoms with Gasteiger partial charge in [0, 0.05) is 19.2 Å². The Hall–Kier alpha value is -1.36. The van der Waals surface area contributed by atoms with Gasteiger partial charge in [0.1, 0.15) is 5.82 Å². The van der Waals surface area contributed by atoms with Crippen molar-refractivity contribution in [1.82, 2.24) is 9.97 Å². The molecule has 0 aromatic carbocycles. The number of piperidine rings is 1. The molecular formula is C10H15N3O2. The number of nitrogens with zero attached hydrogens (tertiary/aromatic N) is 2.